The van der Waals surface area contributed by atoms with Crippen molar-refractivity contribution in [2.24, 2.45) is 0 Å². The third kappa shape index (κ3) is 6.21. The van der Waals surface area contributed by atoms with Crippen LogP contribution < -0.4 is 16.0 Å². The zero-order valence-corrected chi connectivity index (χ0v) is 17.0. The Morgan fingerprint density at radius 3 is 2.34 bits per heavy atom. The molecule has 0 fully saturated rings. The van der Waals surface area contributed by atoms with E-state index in [9.17, 15) is 4.79 Å². The van der Waals surface area contributed by atoms with Crippen LogP contribution in [0.5, 0.6) is 0 Å². The maximum Gasteiger partial charge on any atom is 0.412 e. The Hall–Kier alpha value is -3.61. The lowest BCUT2D eigenvalue weighted by molar-refractivity contribution is 0.0636. The number of para-hydroxylation sites is 1. The number of ether oxygens (including phenoxy) is 1. The van der Waals surface area contributed by atoms with Gasteiger partial charge in [-0.25, -0.2) is 9.78 Å². The minimum atomic E-state index is -0.555. The van der Waals surface area contributed by atoms with Gasteiger partial charge in [-0.2, -0.15) is 4.98 Å². The second-order valence-corrected chi connectivity index (χ2v) is 7.55. The van der Waals surface area contributed by atoms with Crippen LogP contribution in [0.2, 0.25) is 0 Å². The van der Waals surface area contributed by atoms with Crippen molar-refractivity contribution in [3.05, 3.63) is 66.4 Å². The molecule has 0 atom stereocenters. The molecule has 0 bridgehead atoms. The predicted octanol–water partition coefficient (Wildman–Crippen LogP) is 5.62. The monoisotopic (exact) mass is 391 g/mol. The van der Waals surface area contributed by atoms with Crippen LogP contribution in [-0.2, 0) is 4.74 Å². The van der Waals surface area contributed by atoms with Gasteiger partial charge in [-0.3, -0.25) is 5.32 Å². The third-order valence-corrected chi connectivity index (χ3v) is 3.77. The molecule has 1 aromatic heterocycles. The summed E-state index contributed by atoms with van der Waals surface area (Å²) in [7, 11) is 0. The van der Waals surface area contributed by atoms with Gasteiger partial charge in [0, 0.05) is 28.8 Å². The molecule has 0 spiro atoms. The maximum absolute atomic E-state index is 12.0. The summed E-state index contributed by atoms with van der Waals surface area (Å²) in [6, 6.07) is 17.1. The molecular weight excluding hydrogens is 366 g/mol. The van der Waals surface area contributed by atoms with Gasteiger partial charge in [-0.1, -0.05) is 24.3 Å². The van der Waals surface area contributed by atoms with Crippen LogP contribution in [0, 0.1) is 6.92 Å². The van der Waals surface area contributed by atoms with Gasteiger partial charge in [0.15, 0.2) is 0 Å². The summed E-state index contributed by atoms with van der Waals surface area (Å²) in [6.45, 7) is 7.40. The quantitative estimate of drug-likeness (QED) is 0.523. The molecule has 0 saturated carbocycles. The Bertz CT molecular complexity index is 984. The molecule has 0 aliphatic carbocycles. The number of aromatic nitrogens is 2. The average molecular weight is 391 g/mol. The molecule has 150 valence electrons. The summed E-state index contributed by atoms with van der Waals surface area (Å²) in [5, 5.41) is 9.19. The molecule has 3 aromatic rings. The minimum absolute atomic E-state index is 0.493. The smallest absolute Gasteiger partial charge is 0.412 e. The zero-order valence-electron chi connectivity index (χ0n) is 17.0. The molecule has 0 aliphatic heterocycles. The number of carbonyl (C=O) groups excluding carboxylic acids is 1. The van der Waals surface area contributed by atoms with E-state index in [-0.39, 0.29) is 0 Å². The highest BCUT2D eigenvalue weighted by Gasteiger charge is 2.16. The summed E-state index contributed by atoms with van der Waals surface area (Å²) in [6.07, 6.45) is 1.26. The first-order chi connectivity index (χ1) is 13.8. The first kappa shape index (κ1) is 20.1. The van der Waals surface area contributed by atoms with E-state index in [4.69, 9.17) is 4.74 Å². The summed E-state index contributed by atoms with van der Waals surface area (Å²) in [5.74, 6) is 1.17. The van der Waals surface area contributed by atoms with Crippen molar-refractivity contribution in [2.75, 3.05) is 16.0 Å². The van der Waals surface area contributed by atoms with Crippen molar-refractivity contribution in [3.8, 4) is 0 Å². The highest BCUT2D eigenvalue weighted by atomic mass is 16.6. The van der Waals surface area contributed by atoms with Gasteiger partial charge in [0.2, 0.25) is 5.95 Å². The Morgan fingerprint density at radius 1 is 0.931 bits per heavy atom. The summed E-state index contributed by atoms with van der Waals surface area (Å²) >= 11 is 0. The molecule has 0 saturated heterocycles. The Balaban J connectivity index is 1.72. The number of nitrogens with zero attached hydrogens (tertiary/aromatic N) is 2. The van der Waals surface area contributed by atoms with Crippen LogP contribution in [0.3, 0.4) is 0 Å². The molecule has 0 unspecified atom stereocenters. The molecule has 1 amide bonds. The molecule has 0 aliphatic rings. The molecular formula is C22H25N5O2. The van der Waals surface area contributed by atoms with Crippen molar-refractivity contribution in [2.45, 2.75) is 33.3 Å². The zero-order chi connectivity index (χ0) is 20.9. The van der Waals surface area contributed by atoms with E-state index in [2.05, 4.69) is 25.9 Å². The van der Waals surface area contributed by atoms with Crippen molar-refractivity contribution < 1.29 is 9.53 Å². The largest absolute Gasteiger partial charge is 0.444 e. The summed E-state index contributed by atoms with van der Waals surface area (Å²) in [4.78, 5) is 20.9. The summed E-state index contributed by atoms with van der Waals surface area (Å²) in [5.41, 5.74) is 2.66. The van der Waals surface area contributed by atoms with Crippen molar-refractivity contribution >= 4 is 34.9 Å². The second kappa shape index (κ2) is 8.60. The molecule has 1 heterocycles. The Kier molecular flexibility index (Phi) is 5.97. The first-order valence-electron chi connectivity index (χ1n) is 9.31. The van der Waals surface area contributed by atoms with Crippen LogP contribution >= 0.6 is 0 Å². The number of benzene rings is 2. The normalized spacial score (nSPS) is 10.9. The molecule has 7 nitrogen and oxygen atoms in total. The van der Waals surface area contributed by atoms with Gasteiger partial charge in [0.05, 0.1) is 0 Å². The fourth-order valence-electron chi connectivity index (χ4n) is 2.51. The van der Waals surface area contributed by atoms with Crippen molar-refractivity contribution in [3.63, 3.8) is 0 Å². The van der Waals surface area contributed by atoms with Gasteiger partial charge >= 0.3 is 6.09 Å². The average Bonchev–Trinajstić information content (AvgIpc) is 2.64. The lowest BCUT2D eigenvalue weighted by Gasteiger charge is -2.19. The van der Waals surface area contributed by atoms with E-state index in [0.29, 0.717) is 17.5 Å². The van der Waals surface area contributed by atoms with Crippen LogP contribution in [0.4, 0.5) is 33.6 Å². The number of amides is 1. The number of anilines is 5. The van der Waals surface area contributed by atoms with E-state index in [1.807, 2.05) is 76.2 Å². The van der Waals surface area contributed by atoms with Crippen LogP contribution in [0.1, 0.15) is 26.3 Å². The van der Waals surface area contributed by atoms with Gasteiger partial charge in [0.1, 0.15) is 11.4 Å². The molecule has 2 aromatic carbocycles. The lowest BCUT2D eigenvalue weighted by atomic mass is 10.2. The van der Waals surface area contributed by atoms with Crippen LogP contribution in [0.15, 0.2) is 60.8 Å². The fraction of sp³-hybridized carbons (Fsp3) is 0.227. The van der Waals surface area contributed by atoms with E-state index in [1.54, 1.807) is 12.3 Å². The Labute approximate surface area is 170 Å². The highest BCUT2D eigenvalue weighted by molar-refractivity contribution is 5.85. The molecule has 29 heavy (non-hydrogen) atoms. The van der Waals surface area contributed by atoms with Gasteiger partial charge in [-0.15, -0.1) is 0 Å². The van der Waals surface area contributed by atoms with Gasteiger partial charge < -0.3 is 15.4 Å². The van der Waals surface area contributed by atoms with E-state index in [1.165, 1.54) is 0 Å². The minimum Gasteiger partial charge on any atom is -0.444 e. The number of hydrogen-bond acceptors (Lipinski definition) is 6. The standard InChI is InChI=1S/C22H25N5O2/c1-15-14-23-20(25-16-9-6-5-7-10-16)27-19(15)24-17-11-8-12-18(13-17)26-21(28)29-22(2,3)4/h5-14H,1-4H3,(H,26,28)(H2,23,24,25,27). The maximum atomic E-state index is 12.0. The third-order valence-electron chi connectivity index (χ3n) is 3.77. The van der Waals surface area contributed by atoms with E-state index in [0.717, 1.165) is 16.9 Å². The van der Waals surface area contributed by atoms with Crippen molar-refractivity contribution in [1.29, 1.82) is 0 Å². The molecule has 3 rings (SSSR count). The number of carbonyl (C=O) groups is 1. The summed E-state index contributed by atoms with van der Waals surface area (Å²) < 4.78 is 5.29. The highest BCUT2D eigenvalue weighted by Crippen LogP contribution is 2.23. The Morgan fingerprint density at radius 2 is 1.62 bits per heavy atom. The van der Waals surface area contributed by atoms with Gasteiger partial charge in [-0.05, 0) is 58.0 Å². The first-order valence-corrected chi connectivity index (χ1v) is 9.31. The number of rotatable bonds is 5. The molecule has 0 radical (unpaired) electrons. The fourth-order valence-corrected chi connectivity index (χ4v) is 2.51. The predicted molar refractivity (Wildman–Crippen MR) is 116 cm³/mol. The van der Waals surface area contributed by atoms with E-state index >= 15 is 0 Å². The van der Waals surface area contributed by atoms with Gasteiger partial charge in [0.25, 0.3) is 0 Å². The van der Waals surface area contributed by atoms with Crippen LogP contribution in [-0.4, -0.2) is 21.7 Å². The number of nitrogens with one attached hydrogen (secondary N) is 3. The van der Waals surface area contributed by atoms with Crippen LogP contribution in [0.25, 0.3) is 0 Å². The van der Waals surface area contributed by atoms with E-state index < -0.39 is 11.7 Å². The second-order valence-electron chi connectivity index (χ2n) is 7.55. The lowest BCUT2D eigenvalue weighted by Crippen LogP contribution is -2.27. The molecule has 3 N–H and O–H groups in total. The number of aryl methyl sites for hydroxylation is 1. The SMILES string of the molecule is Cc1cnc(Nc2ccccc2)nc1Nc1cccc(NC(=O)OC(C)(C)C)c1. The number of hydrogen-bond donors (Lipinski definition) is 3. The topological polar surface area (TPSA) is 88.2 Å². The van der Waals surface area contributed by atoms with Crippen molar-refractivity contribution in [1.82, 2.24) is 9.97 Å². The molecule has 7 heteroatoms.